The smallest absolute Gasteiger partial charge is 0.153 e. The fourth-order valence-electron chi connectivity index (χ4n) is 1.36. The van der Waals surface area contributed by atoms with Crippen molar-refractivity contribution in [3.8, 4) is 0 Å². The Morgan fingerprint density at radius 2 is 2.12 bits per heavy atom. The van der Waals surface area contributed by atoms with E-state index in [0.29, 0.717) is 18.1 Å². The van der Waals surface area contributed by atoms with Crippen molar-refractivity contribution in [3.05, 3.63) is 35.4 Å². The lowest BCUT2D eigenvalue weighted by Gasteiger charge is -2.02. The van der Waals surface area contributed by atoms with E-state index in [2.05, 4.69) is 4.99 Å². The lowest BCUT2D eigenvalue weighted by Crippen LogP contribution is -2.05. The number of aliphatic imine (C=N–C) groups is 1. The molecule has 16 heavy (non-hydrogen) atoms. The molecule has 2 N–H and O–H groups in total. The molecule has 3 nitrogen and oxygen atoms in total. The van der Waals surface area contributed by atoms with Crippen molar-refractivity contribution in [1.29, 1.82) is 0 Å². The topological polar surface area (TPSA) is 55.4 Å². The van der Waals surface area contributed by atoms with E-state index in [1.165, 1.54) is 11.8 Å². The Morgan fingerprint density at radius 3 is 2.75 bits per heavy atom. The van der Waals surface area contributed by atoms with E-state index in [1.54, 1.807) is 6.92 Å². The van der Waals surface area contributed by atoms with Gasteiger partial charge < -0.3 is 5.73 Å². The summed E-state index contributed by atoms with van der Waals surface area (Å²) in [5.74, 6) is 0.171. The van der Waals surface area contributed by atoms with Crippen LogP contribution in [0.25, 0.3) is 0 Å². The molecule has 0 saturated heterocycles. The van der Waals surface area contributed by atoms with Gasteiger partial charge in [-0.15, -0.1) is 0 Å². The van der Waals surface area contributed by atoms with Crippen molar-refractivity contribution >= 4 is 22.7 Å². The van der Waals surface area contributed by atoms with E-state index in [4.69, 9.17) is 5.73 Å². The normalized spacial score (nSPS) is 11.5. The molecular formula is C12H16N2OS. The van der Waals surface area contributed by atoms with Crippen LogP contribution in [0, 0.1) is 0 Å². The number of hydrogen-bond acceptors (Lipinski definition) is 3. The summed E-state index contributed by atoms with van der Waals surface area (Å²) in [4.78, 5) is 15.2. The van der Waals surface area contributed by atoms with Gasteiger partial charge in [-0.1, -0.05) is 36.0 Å². The number of hydrogen-bond donors (Lipinski definition) is 1. The van der Waals surface area contributed by atoms with Crippen LogP contribution in [0.1, 0.15) is 18.1 Å². The van der Waals surface area contributed by atoms with E-state index < -0.39 is 0 Å². The zero-order valence-electron chi connectivity index (χ0n) is 9.56. The van der Waals surface area contributed by atoms with E-state index >= 15 is 0 Å². The molecule has 86 valence electrons. The number of nitrogens with zero attached hydrogens (tertiary/aromatic N) is 1. The summed E-state index contributed by atoms with van der Waals surface area (Å²) in [6, 6.07) is 7.88. The quantitative estimate of drug-likeness (QED) is 0.642. The highest BCUT2D eigenvalue weighted by atomic mass is 32.2. The third-order valence-electron chi connectivity index (χ3n) is 2.07. The molecule has 1 aromatic rings. The number of nitrogens with two attached hydrogens (primary N) is 1. The van der Waals surface area contributed by atoms with Crippen LogP contribution in [0.4, 0.5) is 0 Å². The number of thioether (sulfide) groups is 1. The van der Waals surface area contributed by atoms with Gasteiger partial charge in [0.15, 0.2) is 5.17 Å². The molecule has 0 spiro atoms. The van der Waals surface area contributed by atoms with Gasteiger partial charge in [0.25, 0.3) is 0 Å². The molecule has 0 heterocycles. The van der Waals surface area contributed by atoms with Crippen molar-refractivity contribution in [2.45, 2.75) is 19.9 Å². The summed E-state index contributed by atoms with van der Waals surface area (Å²) >= 11 is 1.43. The highest BCUT2D eigenvalue weighted by Crippen LogP contribution is 2.08. The predicted octanol–water partition coefficient (Wildman–Crippen LogP) is 2.00. The molecule has 0 aliphatic heterocycles. The van der Waals surface area contributed by atoms with Crippen molar-refractivity contribution in [1.82, 2.24) is 0 Å². The summed E-state index contributed by atoms with van der Waals surface area (Å²) in [5, 5.41) is 0.581. The van der Waals surface area contributed by atoms with Crippen LogP contribution in [0.15, 0.2) is 29.3 Å². The van der Waals surface area contributed by atoms with Crippen LogP contribution in [-0.2, 0) is 17.8 Å². The maximum absolute atomic E-state index is 11.0. The van der Waals surface area contributed by atoms with Gasteiger partial charge in [0.05, 0.1) is 6.54 Å². The van der Waals surface area contributed by atoms with Crippen molar-refractivity contribution in [2.75, 3.05) is 6.26 Å². The molecule has 0 aliphatic carbocycles. The van der Waals surface area contributed by atoms with Crippen LogP contribution in [-0.4, -0.2) is 17.2 Å². The van der Waals surface area contributed by atoms with Gasteiger partial charge >= 0.3 is 0 Å². The van der Waals surface area contributed by atoms with E-state index in [9.17, 15) is 4.79 Å². The predicted molar refractivity (Wildman–Crippen MR) is 69.7 cm³/mol. The molecule has 0 bridgehead atoms. The molecule has 0 fully saturated rings. The lowest BCUT2D eigenvalue weighted by molar-refractivity contribution is -0.116. The van der Waals surface area contributed by atoms with Gasteiger partial charge in [-0.3, -0.25) is 9.79 Å². The number of carbonyl (C=O) groups excluding carboxylic acids is 1. The second-order valence-electron chi connectivity index (χ2n) is 3.56. The minimum Gasteiger partial charge on any atom is -0.379 e. The summed E-state index contributed by atoms with van der Waals surface area (Å²) in [6.07, 6.45) is 2.38. The SMILES string of the molecule is CSC(N)=NCc1cccc(CC(C)=O)c1. The van der Waals surface area contributed by atoms with Gasteiger partial charge in [-0.25, -0.2) is 0 Å². The first-order valence-electron chi connectivity index (χ1n) is 5.03. The molecule has 1 aromatic carbocycles. The molecule has 0 atom stereocenters. The molecule has 0 radical (unpaired) electrons. The van der Waals surface area contributed by atoms with Gasteiger partial charge in [0.1, 0.15) is 5.78 Å². The summed E-state index contributed by atoms with van der Waals surface area (Å²) in [6.45, 7) is 2.16. The van der Waals surface area contributed by atoms with Crippen LogP contribution in [0.2, 0.25) is 0 Å². The molecule has 0 aliphatic rings. The second kappa shape index (κ2) is 6.33. The first kappa shape index (κ1) is 12.8. The second-order valence-corrected chi connectivity index (χ2v) is 4.38. The van der Waals surface area contributed by atoms with Crippen LogP contribution in [0.5, 0.6) is 0 Å². The number of benzene rings is 1. The fourth-order valence-corrected chi connectivity index (χ4v) is 1.55. The van der Waals surface area contributed by atoms with Crippen LogP contribution >= 0.6 is 11.8 Å². The molecule has 4 heteroatoms. The van der Waals surface area contributed by atoms with E-state index in [-0.39, 0.29) is 5.78 Å². The van der Waals surface area contributed by atoms with E-state index in [1.807, 2.05) is 30.5 Å². The van der Waals surface area contributed by atoms with Gasteiger partial charge in [0, 0.05) is 6.42 Å². The van der Waals surface area contributed by atoms with Crippen molar-refractivity contribution in [3.63, 3.8) is 0 Å². The number of carbonyl (C=O) groups is 1. The third-order valence-corrected chi connectivity index (χ3v) is 2.62. The minimum atomic E-state index is 0.171. The Kier molecular flexibility index (Phi) is 5.05. The zero-order chi connectivity index (χ0) is 12.0. The number of amidine groups is 1. The standard InChI is InChI=1S/C12H16N2OS/c1-9(15)6-10-4-3-5-11(7-10)8-14-12(13)16-2/h3-5,7H,6,8H2,1-2H3,(H2,13,14). The Morgan fingerprint density at radius 1 is 1.44 bits per heavy atom. The van der Waals surface area contributed by atoms with Gasteiger partial charge in [0.2, 0.25) is 0 Å². The number of ketones is 1. The molecule has 0 aromatic heterocycles. The van der Waals surface area contributed by atoms with Gasteiger partial charge in [-0.2, -0.15) is 0 Å². The van der Waals surface area contributed by atoms with Crippen LogP contribution < -0.4 is 5.73 Å². The number of Topliss-reactive ketones (excluding diaryl/α,β-unsaturated/α-hetero) is 1. The number of rotatable bonds is 4. The summed E-state index contributed by atoms with van der Waals surface area (Å²) in [7, 11) is 0. The van der Waals surface area contributed by atoms with Crippen LogP contribution in [0.3, 0.4) is 0 Å². The monoisotopic (exact) mass is 236 g/mol. The first-order chi connectivity index (χ1) is 7.61. The molecule has 0 saturated carbocycles. The molecular weight excluding hydrogens is 220 g/mol. The Bertz CT molecular complexity index is 402. The average molecular weight is 236 g/mol. The molecule has 0 amide bonds. The molecule has 1 rings (SSSR count). The minimum absolute atomic E-state index is 0.171. The summed E-state index contributed by atoms with van der Waals surface area (Å²) in [5.41, 5.74) is 7.71. The first-order valence-corrected chi connectivity index (χ1v) is 6.25. The largest absolute Gasteiger partial charge is 0.379 e. The Balaban J connectivity index is 2.71. The van der Waals surface area contributed by atoms with Crippen molar-refractivity contribution < 1.29 is 4.79 Å². The Labute approximate surface area is 100 Å². The Hall–Kier alpha value is -1.29. The van der Waals surface area contributed by atoms with Gasteiger partial charge in [-0.05, 0) is 24.3 Å². The fraction of sp³-hybridized carbons (Fsp3) is 0.333. The van der Waals surface area contributed by atoms with Crippen molar-refractivity contribution in [2.24, 2.45) is 10.7 Å². The third kappa shape index (κ3) is 4.49. The average Bonchev–Trinajstić information content (AvgIpc) is 2.25. The maximum Gasteiger partial charge on any atom is 0.153 e. The lowest BCUT2D eigenvalue weighted by atomic mass is 10.1. The maximum atomic E-state index is 11.0. The highest BCUT2D eigenvalue weighted by Gasteiger charge is 1.99. The van der Waals surface area contributed by atoms with E-state index in [0.717, 1.165) is 11.1 Å². The zero-order valence-corrected chi connectivity index (χ0v) is 10.4. The highest BCUT2D eigenvalue weighted by molar-refractivity contribution is 8.13. The summed E-state index contributed by atoms with van der Waals surface area (Å²) < 4.78 is 0. The molecule has 0 unspecified atom stereocenters.